The van der Waals surface area contributed by atoms with Gasteiger partial charge < -0.3 is 18.9 Å². The predicted molar refractivity (Wildman–Crippen MR) is 177 cm³/mol. The molecular formula is C38H56O4. The lowest BCUT2D eigenvalue weighted by molar-refractivity contribution is -0.0221. The lowest BCUT2D eigenvalue weighted by Crippen LogP contribution is -2.29. The summed E-state index contributed by atoms with van der Waals surface area (Å²) < 4.78 is 23.1. The van der Waals surface area contributed by atoms with E-state index >= 15 is 0 Å². The minimum atomic E-state index is 0.132. The van der Waals surface area contributed by atoms with Crippen molar-refractivity contribution in [1.82, 2.24) is 0 Å². The molecule has 0 heterocycles. The SMILES string of the molecule is C=CC=CC(C)C(OCc1ccc(OC)cc1)C(C)CC(C)CC(C)=CC(C)CC(C)COCc1ccc(OC)cc1. The zero-order valence-corrected chi connectivity index (χ0v) is 27.5. The fourth-order valence-corrected chi connectivity index (χ4v) is 5.94. The Hall–Kier alpha value is -2.82. The molecule has 2 aromatic rings. The lowest BCUT2D eigenvalue weighted by atomic mass is 9.84. The maximum absolute atomic E-state index is 6.55. The second-order valence-corrected chi connectivity index (χ2v) is 12.3. The number of benzene rings is 2. The smallest absolute Gasteiger partial charge is 0.118 e. The maximum Gasteiger partial charge on any atom is 0.118 e. The number of hydrogen-bond acceptors (Lipinski definition) is 4. The Bertz CT molecular complexity index is 1070. The zero-order chi connectivity index (χ0) is 30.9. The van der Waals surface area contributed by atoms with Crippen LogP contribution >= 0.6 is 0 Å². The van der Waals surface area contributed by atoms with Gasteiger partial charge in [-0.1, -0.05) is 95.3 Å². The van der Waals surface area contributed by atoms with Crippen LogP contribution in [-0.2, 0) is 22.7 Å². The molecule has 0 bridgehead atoms. The van der Waals surface area contributed by atoms with E-state index in [0.717, 1.165) is 42.9 Å². The van der Waals surface area contributed by atoms with Crippen LogP contribution in [0.15, 0.2) is 85.0 Å². The monoisotopic (exact) mass is 576 g/mol. The highest BCUT2D eigenvalue weighted by atomic mass is 16.5. The van der Waals surface area contributed by atoms with E-state index in [1.807, 2.05) is 36.4 Å². The van der Waals surface area contributed by atoms with Crippen molar-refractivity contribution in [3.05, 3.63) is 96.1 Å². The summed E-state index contributed by atoms with van der Waals surface area (Å²) >= 11 is 0. The Balaban J connectivity index is 1.84. The first kappa shape index (κ1) is 35.4. The van der Waals surface area contributed by atoms with Gasteiger partial charge in [0.1, 0.15) is 11.5 Å². The Labute approximate surface area is 256 Å². The molecule has 0 saturated heterocycles. The van der Waals surface area contributed by atoms with Gasteiger partial charge in [-0.25, -0.2) is 0 Å². The van der Waals surface area contributed by atoms with Crippen LogP contribution in [0.5, 0.6) is 11.5 Å². The Morgan fingerprint density at radius 3 is 1.90 bits per heavy atom. The van der Waals surface area contributed by atoms with Gasteiger partial charge in [-0.2, -0.15) is 0 Å². The van der Waals surface area contributed by atoms with Crippen molar-refractivity contribution in [2.75, 3.05) is 20.8 Å². The maximum atomic E-state index is 6.55. The summed E-state index contributed by atoms with van der Waals surface area (Å²) in [6, 6.07) is 16.2. The zero-order valence-electron chi connectivity index (χ0n) is 27.5. The van der Waals surface area contributed by atoms with E-state index in [1.54, 1.807) is 14.2 Å². The van der Waals surface area contributed by atoms with E-state index in [-0.39, 0.29) is 6.10 Å². The van der Waals surface area contributed by atoms with Crippen LogP contribution in [0.2, 0.25) is 0 Å². The summed E-state index contributed by atoms with van der Waals surface area (Å²) in [4.78, 5) is 0. The van der Waals surface area contributed by atoms with Gasteiger partial charge in [0.05, 0.1) is 33.5 Å². The van der Waals surface area contributed by atoms with E-state index in [9.17, 15) is 0 Å². The molecule has 0 radical (unpaired) electrons. The van der Waals surface area contributed by atoms with Crippen LogP contribution in [0.4, 0.5) is 0 Å². The van der Waals surface area contributed by atoms with Crippen LogP contribution in [0.3, 0.4) is 0 Å². The fourth-order valence-electron chi connectivity index (χ4n) is 5.94. The van der Waals surface area contributed by atoms with Crippen LogP contribution < -0.4 is 9.47 Å². The number of allylic oxidation sites excluding steroid dienone is 4. The van der Waals surface area contributed by atoms with Crippen LogP contribution in [0.1, 0.15) is 71.9 Å². The third-order valence-electron chi connectivity index (χ3n) is 7.85. The Kier molecular flexibility index (Phi) is 16.3. The quantitative estimate of drug-likeness (QED) is 0.116. The van der Waals surface area contributed by atoms with Gasteiger partial charge in [-0.05, 0) is 85.3 Å². The highest BCUT2D eigenvalue weighted by Gasteiger charge is 2.25. The number of methoxy groups -OCH3 is 2. The van der Waals surface area contributed by atoms with Crippen molar-refractivity contribution < 1.29 is 18.9 Å². The molecule has 0 amide bonds. The van der Waals surface area contributed by atoms with Crippen molar-refractivity contribution in [2.24, 2.45) is 29.6 Å². The third-order valence-corrected chi connectivity index (χ3v) is 7.85. The Morgan fingerprint density at radius 2 is 1.36 bits per heavy atom. The summed E-state index contributed by atoms with van der Waals surface area (Å²) in [5.41, 5.74) is 3.81. The third kappa shape index (κ3) is 13.4. The first-order valence-electron chi connectivity index (χ1n) is 15.6. The minimum absolute atomic E-state index is 0.132. The summed E-state index contributed by atoms with van der Waals surface area (Å²) in [6.45, 7) is 19.7. The van der Waals surface area contributed by atoms with Crippen LogP contribution in [0, 0.1) is 29.6 Å². The van der Waals surface area contributed by atoms with Gasteiger partial charge in [-0.15, -0.1) is 0 Å². The molecule has 0 fully saturated rings. The molecule has 0 aliphatic rings. The van der Waals surface area contributed by atoms with Gasteiger partial charge in [0, 0.05) is 12.5 Å². The van der Waals surface area contributed by atoms with E-state index in [1.165, 1.54) is 11.1 Å². The normalized spacial score (nSPS) is 16.4. The summed E-state index contributed by atoms with van der Waals surface area (Å²) in [6.07, 6.45) is 12.0. The topological polar surface area (TPSA) is 36.9 Å². The Morgan fingerprint density at radius 1 is 0.786 bits per heavy atom. The molecule has 42 heavy (non-hydrogen) atoms. The van der Waals surface area contributed by atoms with Crippen molar-refractivity contribution in [3.63, 3.8) is 0 Å². The van der Waals surface area contributed by atoms with Gasteiger partial charge >= 0.3 is 0 Å². The van der Waals surface area contributed by atoms with Gasteiger partial charge in [0.2, 0.25) is 0 Å². The average Bonchev–Trinajstić information content (AvgIpc) is 2.96. The van der Waals surface area contributed by atoms with Crippen molar-refractivity contribution >= 4 is 0 Å². The molecule has 0 aliphatic carbocycles. The highest BCUT2D eigenvalue weighted by Crippen LogP contribution is 2.29. The molecule has 4 heteroatoms. The van der Waals surface area contributed by atoms with Crippen molar-refractivity contribution in [1.29, 1.82) is 0 Å². The molecule has 2 aromatic carbocycles. The molecule has 0 aromatic heterocycles. The summed E-state index contributed by atoms with van der Waals surface area (Å²) in [7, 11) is 3.38. The van der Waals surface area contributed by atoms with Crippen LogP contribution in [0.25, 0.3) is 0 Å². The molecular weight excluding hydrogens is 520 g/mol. The van der Waals surface area contributed by atoms with Crippen molar-refractivity contribution in [3.8, 4) is 11.5 Å². The van der Waals surface area contributed by atoms with E-state index < -0.39 is 0 Å². The largest absolute Gasteiger partial charge is 0.497 e. The van der Waals surface area contributed by atoms with E-state index in [0.29, 0.717) is 42.8 Å². The predicted octanol–water partition coefficient (Wildman–Crippen LogP) is 9.85. The first-order valence-corrected chi connectivity index (χ1v) is 15.6. The molecule has 0 spiro atoms. The van der Waals surface area contributed by atoms with Crippen LogP contribution in [-0.4, -0.2) is 26.9 Å². The van der Waals surface area contributed by atoms with Gasteiger partial charge in [-0.3, -0.25) is 0 Å². The van der Waals surface area contributed by atoms with Crippen molar-refractivity contribution in [2.45, 2.75) is 80.1 Å². The van der Waals surface area contributed by atoms with E-state index in [4.69, 9.17) is 18.9 Å². The van der Waals surface area contributed by atoms with Gasteiger partial charge in [0.25, 0.3) is 0 Å². The second kappa shape index (κ2) is 19.4. The molecule has 6 unspecified atom stereocenters. The average molecular weight is 577 g/mol. The van der Waals surface area contributed by atoms with Gasteiger partial charge in [0.15, 0.2) is 0 Å². The minimum Gasteiger partial charge on any atom is -0.497 e. The summed E-state index contributed by atoms with van der Waals surface area (Å²) in [5.74, 6) is 4.08. The molecule has 2 rings (SSSR count). The second-order valence-electron chi connectivity index (χ2n) is 12.3. The number of rotatable bonds is 20. The van der Waals surface area contributed by atoms with E-state index in [2.05, 4.69) is 84.5 Å². The number of hydrogen-bond donors (Lipinski definition) is 0. The molecule has 232 valence electrons. The molecule has 0 N–H and O–H groups in total. The first-order chi connectivity index (χ1) is 20.1. The molecule has 4 nitrogen and oxygen atoms in total. The lowest BCUT2D eigenvalue weighted by Gasteiger charge is -2.30. The summed E-state index contributed by atoms with van der Waals surface area (Å²) in [5, 5.41) is 0. The standard InChI is InChI=1S/C38H56O4/c1-10-11-12-32(6)38(42-27-35-15-19-37(40-9)20-16-35)33(7)24-30(4)22-28(2)21-29(3)23-31(5)25-41-26-34-13-17-36(39-8)18-14-34/h10-21,29-33,38H,1,22-27H2,2-9H3. The number of ether oxygens (including phenoxy) is 4. The molecule has 0 aliphatic heterocycles. The molecule has 6 atom stereocenters. The molecule has 0 saturated carbocycles. The fraction of sp³-hybridized carbons (Fsp3) is 0.526. The highest BCUT2D eigenvalue weighted by molar-refractivity contribution is 5.27.